The van der Waals surface area contributed by atoms with E-state index in [4.69, 9.17) is 10.2 Å². The Balaban J connectivity index is 2.82. The molecular formula is C9H9FO4. The van der Waals surface area contributed by atoms with Crippen LogP contribution in [0.3, 0.4) is 0 Å². The van der Waals surface area contributed by atoms with Crippen molar-refractivity contribution < 1.29 is 24.1 Å². The maximum atomic E-state index is 13.0. The maximum absolute atomic E-state index is 13.0. The molecule has 0 radical (unpaired) electrons. The van der Waals surface area contributed by atoms with E-state index < -0.39 is 18.1 Å². The quantitative estimate of drug-likeness (QED) is 0.410. The largest absolute Gasteiger partial charge is 0.420 e. The summed E-state index contributed by atoms with van der Waals surface area (Å²) in [6, 6.07) is 3.95. The van der Waals surface area contributed by atoms with E-state index in [9.17, 15) is 9.18 Å². The van der Waals surface area contributed by atoms with Crippen molar-refractivity contribution in [1.29, 1.82) is 0 Å². The molecule has 1 rings (SSSR count). The number of hydrogen-bond acceptors (Lipinski definition) is 4. The lowest BCUT2D eigenvalue weighted by Crippen LogP contribution is -2.25. The maximum Gasteiger partial charge on any atom is 0.368 e. The number of benzene rings is 1. The lowest BCUT2D eigenvalue weighted by atomic mass is 10.2. The normalized spacial score (nSPS) is 10.4. The summed E-state index contributed by atoms with van der Waals surface area (Å²) >= 11 is 0. The molecule has 0 aliphatic carbocycles. The minimum atomic E-state index is -2.25. The summed E-state index contributed by atoms with van der Waals surface area (Å²) in [5.74, 6) is -2.36. The van der Waals surface area contributed by atoms with Crippen LogP contribution < -0.4 is 4.74 Å². The topological polar surface area (TPSA) is 66.8 Å². The van der Waals surface area contributed by atoms with Gasteiger partial charge in [-0.2, -0.15) is 0 Å². The number of rotatable bonds is 2. The third-order valence-corrected chi connectivity index (χ3v) is 1.51. The van der Waals surface area contributed by atoms with Crippen molar-refractivity contribution in [2.75, 3.05) is 0 Å². The molecule has 0 aliphatic rings. The Morgan fingerprint density at radius 1 is 1.50 bits per heavy atom. The zero-order chi connectivity index (χ0) is 10.7. The van der Waals surface area contributed by atoms with Gasteiger partial charge < -0.3 is 14.9 Å². The van der Waals surface area contributed by atoms with Crippen LogP contribution >= 0.6 is 0 Å². The smallest absolute Gasteiger partial charge is 0.368 e. The molecule has 0 spiro atoms. The molecule has 1 aromatic rings. The summed E-state index contributed by atoms with van der Waals surface area (Å²) in [5, 5.41) is 16.8. The van der Waals surface area contributed by atoms with E-state index in [-0.39, 0.29) is 5.75 Å². The number of carbonyl (C=O) groups is 1. The third-order valence-electron chi connectivity index (χ3n) is 1.51. The molecule has 0 saturated heterocycles. The van der Waals surface area contributed by atoms with Gasteiger partial charge in [0, 0.05) is 0 Å². The first-order chi connectivity index (χ1) is 6.50. The summed E-state index contributed by atoms with van der Waals surface area (Å²) in [4.78, 5) is 10.7. The van der Waals surface area contributed by atoms with Crippen molar-refractivity contribution in [2.24, 2.45) is 0 Å². The Bertz CT molecular complexity index is 349. The van der Waals surface area contributed by atoms with E-state index in [1.807, 2.05) is 0 Å². The highest BCUT2D eigenvalue weighted by molar-refractivity contribution is 5.75. The standard InChI is InChI=1S/C9H9FO4/c1-5-2-3-7(6(10)4-5)14-9(13)8(11)12/h2-4,8,11-12H,1H3. The van der Waals surface area contributed by atoms with Crippen LogP contribution in [0, 0.1) is 12.7 Å². The SMILES string of the molecule is Cc1ccc(OC(=O)C(O)O)c(F)c1. The van der Waals surface area contributed by atoms with Crippen LogP contribution in [0.5, 0.6) is 5.75 Å². The second kappa shape index (κ2) is 4.17. The van der Waals surface area contributed by atoms with Crippen LogP contribution in [0.2, 0.25) is 0 Å². The molecule has 0 aliphatic heterocycles. The van der Waals surface area contributed by atoms with Crippen molar-refractivity contribution in [3.63, 3.8) is 0 Å². The molecule has 2 N–H and O–H groups in total. The van der Waals surface area contributed by atoms with Gasteiger partial charge in [-0.15, -0.1) is 0 Å². The van der Waals surface area contributed by atoms with E-state index in [1.54, 1.807) is 6.92 Å². The van der Waals surface area contributed by atoms with Gasteiger partial charge in [-0.1, -0.05) is 6.07 Å². The van der Waals surface area contributed by atoms with Gasteiger partial charge in [0.15, 0.2) is 11.6 Å². The van der Waals surface area contributed by atoms with Crippen molar-refractivity contribution in [2.45, 2.75) is 13.2 Å². The summed E-state index contributed by atoms with van der Waals surface area (Å²) in [6.07, 6.45) is -2.25. The molecule has 0 heterocycles. The highest BCUT2D eigenvalue weighted by atomic mass is 19.1. The molecule has 76 valence electrons. The summed E-state index contributed by atoms with van der Waals surface area (Å²) in [6.45, 7) is 1.68. The van der Waals surface area contributed by atoms with Gasteiger partial charge >= 0.3 is 5.97 Å². The Labute approximate surface area is 79.6 Å². The zero-order valence-corrected chi connectivity index (χ0v) is 7.40. The van der Waals surface area contributed by atoms with Gasteiger partial charge in [-0.3, -0.25) is 0 Å². The fourth-order valence-electron chi connectivity index (χ4n) is 0.850. The second-order valence-corrected chi connectivity index (χ2v) is 2.73. The number of aliphatic hydroxyl groups is 2. The molecule has 0 amide bonds. The molecular weight excluding hydrogens is 191 g/mol. The Kier molecular flexibility index (Phi) is 3.16. The molecule has 0 aromatic heterocycles. The van der Waals surface area contributed by atoms with Crippen LogP contribution in [0.4, 0.5) is 4.39 Å². The van der Waals surface area contributed by atoms with Crippen LogP contribution in [-0.2, 0) is 4.79 Å². The van der Waals surface area contributed by atoms with Gasteiger partial charge in [-0.05, 0) is 24.6 Å². The summed E-state index contributed by atoms with van der Waals surface area (Å²) in [5.41, 5.74) is 0.673. The number of ether oxygens (including phenoxy) is 1. The van der Waals surface area contributed by atoms with E-state index in [1.165, 1.54) is 18.2 Å². The van der Waals surface area contributed by atoms with E-state index >= 15 is 0 Å². The first-order valence-electron chi connectivity index (χ1n) is 3.84. The lowest BCUT2D eigenvalue weighted by molar-refractivity contribution is -0.163. The molecule has 0 bridgehead atoms. The van der Waals surface area contributed by atoms with Crippen LogP contribution in [0.15, 0.2) is 18.2 Å². The highest BCUT2D eigenvalue weighted by Crippen LogP contribution is 2.18. The van der Waals surface area contributed by atoms with Crippen LogP contribution in [0.1, 0.15) is 5.56 Å². The minimum Gasteiger partial charge on any atom is -0.420 e. The predicted octanol–water partition coefficient (Wildman–Crippen LogP) is 0.350. The third kappa shape index (κ3) is 2.51. The Hall–Kier alpha value is -1.46. The fourth-order valence-corrected chi connectivity index (χ4v) is 0.850. The van der Waals surface area contributed by atoms with E-state index in [2.05, 4.69) is 4.74 Å². The fraction of sp³-hybridized carbons (Fsp3) is 0.222. The van der Waals surface area contributed by atoms with Gasteiger partial charge in [0.25, 0.3) is 6.29 Å². The minimum absolute atomic E-state index is 0.325. The van der Waals surface area contributed by atoms with Gasteiger partial charge in [-0.25, -0.2) is 9.18 Å². The van der Waals surface area contributed by atoms with E-state index in [0.717, 1.165) is 0 Å². The highest BCUT2D eigenvalue weighted by Gasteiger charge is 2.15. The van der Waals surface area contributed by atoms with Crippen molar-refractivity contribution in [1.82, 2.24) is 0 Å². The van der Waals surface area contributed by atoms with E-state index in [0.29, 0.717) is 5.56 Å². The van der Waals surface area contributed by atoms with Crippen molar-refractivity contribution >= 4 is 5.97 Å². The molecule has 0 atom stereocenters. The molecule has 4 nitrogen and oxygen atoms in total. The molecule has 0 fully saturated rings. The number of aryl methyl sites for hydroxylation is 1. The van der Waals surface area contributed by atoms with Crippen molar-refractivity contribution in [3.8, 4) is 5.75 Å². The Morgan fingerprint density at radius 3 is 2.64 bits per heavy atom. The molecule has 1 aromatic carbocycles. The first-order valence-corrected chi connectivity index (χ1v) is 3.84. The predicted molar refractivity (Wildman–Crippen MR) is 45.0 cm³/mol. The summed E-state index contributed by atoms with van der Waals surface area (Å²) in [7, 11) is 0. The van der Waals surface area contributed by atoms with Gasteiger partial charge in [0.2, 0.25) is 0 Å². The summed E-state index contributed by atoms with van der Waals surface area (Å²) < 4.78 is 17.4. The zero-order valence-electron chi connectivity index (χ0n) is 7.40. The van der Waals surface area contributed by atoms with Gasteiger partial charge in [0.05, 0.1) is 0 Å². The number of aliphatic hydroxyl groups excluding tert-OH is 1. The number of esters is 1. The van der Waals surface area contributed by atoms with Gasteiger partial charge in [0.1, 0.15) is 0 Å². The van der Waals surface area contributed by atoms with Crippen molar-refractivity contribution in [3.05, 3.63) is 29.6 Å². The Morgan fingerprint density at radius 2 is 2.14 bits per heavy atom. The van der Waals surface area contributed by atoms with Crippen LogP contribution in [-0.4, -0.2) is 22.5 Å². The average molecular weight is 200 g/mol. The number of carbonyl (C=O) groups excluding carboxylic acids is 1. The van der Waals surface area contributed by atoms with Crippen LogP contribution in [0.25, 0.3) is 0 Å². The monoisotopic (exact) mass is 200 g/mol. The lowest BCUT2D eigenvalue weighted by Gasteiger charge is -2.06. The molecule has 14 heavy (non-hydrogen) atoms. The number of halogens is 1. The first kappa shape index (κ1) is 10.6. The second-order valence-electron chi connectivity index (χ2n) is 2.73. The molecule has 5 heteroatoms. The average Bonchev–Trinajstić information content (AvgIpc) is 2.09. The molecule has 0 saturated carbocycles. The molecule has 0 unspecified atom stereocenters. The number of hydrogen-bond donors (Lipinski definition) is 2.